The number of carbonyl (C=O) groups excluding carboxylic acids is 1. The fourth-order valence-corrected chi connectivity index (χ4v) is 8.95. The second-order valence-corrected chi connectivity index (χ2v) is 13.1. The predicted molar refractivity (Wildman–Crippen MR) is 136 cm³/mol. The summed E-state index contributed by atoms with van der Waals surface area (Å²) in [5, 5.41) is 2.75. The molecule has 2 aliphatic heterocycles. The third-order valence-electron chi connectivity index (χ3n) is 6.25. The number of hydrogen-bond donors (Lipinski definition) is 0. The Morgan fingerprint density at radius 2 is 1.91 bits per heavy atom. The first-order chi connectivity index (χ1) is 16.0. The summed E-state index contributed by atoms with van der Waals surface area (Å²) >= 11 is 4.59. The van der Waals surface area contributed by atoms with Crippen LogP contribution in [0.1, 0.15) is 19.3 Å². The number of nitrogens with zero attached hydrogens (tertiary/aromatic N) is 4. The average molecular weight is 523 g/mol. The molecule has 2 aromatic heterocycles. The molecule has 0 aliphatic carbocycles. The van der Waals surface area contributed by atoms with Crippen LogP contribution >= 0.6 is 34.4 Å². The zero-order valence-corrected chi connectivity index (χ0v) is 21.6. The predicted octanol–water partition coefficient (Wildman–Crippen LogP) is 3.97. The van der Waals surface area contributed by atoms with Gasteiger partial charge in [0.05, 0.1) is 10.2 Å². The first-order valence-corrected chi connectivity index (χ1v) is 15.4. The van der Waals surface area contributed by atoms with Crippen molar-refractivity contribution in [2.45, 2.75) is 34.4 Å². The minimum atomic E-state index is -3.64. The molecule has 1 aromatic carbocycles. The van der Waals surface area contributed by atoms with Crippen LogP contribution in [0.25, 0.3) is 10.2 Å². The van der Waals surface area contributed by atoms with Crippen LogP contribution in [0, 0.1) is 0 Å². The van der Waals surface area contributed by atoms with Crippen LogP contribution in [-0.2, 0) is 14.8 Å². The van der Waals surface area contributed by atoms with E-state index in [-0.39, 0.29) is 5.91 Å². The number of sulfonamides is 1. The maximum atomic E-state index is 13.4. The van der Waals surface area contributed by atoms with Crippen molar-refractivity contribution in [3.05, 3.63) is 35.7 Å². The number of thiazole rings is 1. The molecule has 0 spiro atoms. The van der Waals surface area contributed by atoms with Crippen molar-refractivity contribution in [2.24, 2.45) is 0 Å². The molecule has 7 nitrogen and oxygen atoms in total. The van der Waals surface area contributed by atoms with Gasteiger partial charge in [-0.15, -0.1) is 23.1 Å². The van der Waals surface area contributed by atoms with E-state index in [0.717, 1.165) is 23.5 Å². The van der Waals surface area contributed by atoms with Crippen molar-refractivity contribution >= 4 is 65.7 Å². The fraction of sp³-hybridized carbons (Fsp3) is 0.455. The molecule has 1 unspecified atom stereocenters. The number of amides is 1. The van der Waals surface area contributed by atoms with Crippen LogP contribution in [-0.4, -0.2) is 73.5 Å². The number of thioether (sulfide) groups is 1. The summed E-state index contributed by atoms with van der Waals surface area (Å²) in [5.41, 5.74) is 1.04. The molecular formula is C22H26N4O3S4. The van der Waals surface area contributed by atoms with Gasteiger partial charge in [-0.3, -0.25) is 4.79 Å². The number of rotatable bonds is 5. The van der Waals surface area contributed by atoms with Crippen molar-refractivity contribution in [3.63, 3.8) is 0 Å². The summed E-state index contributed by atoms with van der Waals surface area (Å²) in [6.45, 7) is 2.95. The molecule has 2 aliphatic rings. The number of anilines is 1. The molecule has 4 heterocycles. The highest BCUT2D eigenvalue weighted by molar-refractivity contribution is 7.98. The van der Waals surface area contributed by atoms with Gasteiger partial charge in [0, 0.05) is 37.6 Å². The Morgan fingerprint density at radius 1 is 1.09 bits per heavy atom. The number of para-hydroxylation sites is 1. The van der Waals surface area contributed by atoms with E-state index < -0.39 is 16.1 Å². The molecule has 2 saturated heterocycles. The number of aromatic nitrogens is 1. The van der Waals surface area contributed by atoms with E-state index in [2.05, 4.69) is 29.4 Å². The van der Waals surface area contributed by atoms with E-state index in [0.29, 0.717) is 43.4 Å². The van der Waals surface area contributed by atoms with Crippen LogP contribution < -0.4 is 4.90 Å². The lowest BCUT2D eigenvalue weighted by Gasteiger charge is -2.40. The number of carbonyl (C=O) groups is 1. The first-order valence-electron chi connectivity index (χ1n) is 11.0. The number of benzene rings is 1. The van der Waals surface area contributed by atoms with Gasteiger partial charge >= 0.3 is 0 Å². The largest absolute Gasteiger partial charge is 0.345 e. The van der Waals surface area contributed by atoms with Crippen molar-refractivity contribution < 1.29 is 13.2 Å². The molecule has 1 atom stereocenters. The maximum absolute atomic E-state index is 13.4. The fourth-order valence-electron chi connectivity index (χ4n) is 4.51. The van der Waals surface area contributed by atoms with Gasteiger partial charge in [0.15, 0.2) is 5.13 Å². The molecule has 11 heteroatoms. The molecule has 1 amide bonds. The van der Waals surface area contributed by atoms with Gasteiger partial charge in [-0.25, -0.2) is 13.4 Å². The Kier molecular flexibility index (Phi) is 6.67. The van der Waals surface area contributed by atoms with Gasteiger partial charge in [-0.1, -0.05) is 29.9 Å². The molecule has 176 valence electrons. The highest BCUT2D eigenvalue weighted by Gasteiger charge is 2.40. The Morgan fingerprint density at radius 3 is 2.64 bits per heavy atom. The van der Waals surface area contributed by atoms with E-state index in [9.17, 15) is 13.2 Å². The Labute approximate surface area is 206 Å². The normalized spacial score (nSPS) is 20.5. The monoisotopic (exact) mass is 522 g/mol. The lowest BCUT2D eigenvalue weighted by Crippen LogP contribution is -2.57. The van der Waals surface area contributed by atoms with E-state index in [1.165, 1.54) is 25.2 Å². The minimum absolute atomic E-state index is 0.0662. The molecular weight excluding hydrogens is 497 g/mol. The van der Waals surface area contributed by atoms with Crippen LogP contribution in [0.4, 0.5) is 5.13 Å². The maximum Gasteiger partial charge on any atom is 0.253 e. The van der Waals surface area contributed by atoms with Gasteiger partial charge in [0.25, 0.3) is 10.0 Å². The Bertz CT molecular complexity index is 1230. The average Bonchev–Trinajstić information content (AvgIpc) is 3.54. The molecule has 5 rings (SSSR count). The summed E-state index contributed by atoms with van der Waals surface area (Å²) in [6, 6.07) is 9.00. The van der Waals surface area contributed by atoms with Gasteiger partial charge < -0.3 is 9.80 Å². The van der Waals surface area contributed by atoms with Crippen molar-refractivity contribution in [3.8, 4) is 0 Å². The molecule has 33 heavy (non-hydrogen) atoms. The van der Waals surface area contributed by atoms with Crippen molar-refractivity contribution in [1.82, 2.24) is 14.2 Å². The highest BCUT2D eigenvalue weighted by Crippen LogP contribution is 2.35. The van der Waals surface area contributed by atoms with Crippen molar-refractivity contribution in [1.29, 1.82) is 0 Å². The lowest BCUT2D eigenvalue weighted by molar-refractivity contribution is -0.136. The van der Waals surface area contributed by atoms with E-state index >= 15 is 0 Å². The van der Waals surface area contributed by atoms with E-state index in [1.54, 1.807) is 40.6 Å². The van der Waals surface area contributed by atoms with Gasteiger partial charge in [0.2, 0.25) is 5.91 Å². The van der Waals surface area contributed by atoms with Gasteiger partial charge in [-0.05, 0) is 42.7 Å². The number of thiophene rings is 1. The summed E-state index contributed by atoms with van der Waals surface area (Å²) < 4.78 is 29.3. The zero-order chi connectivity index (χ0) is 23.0. The molecule has 3 aromatic rings. The Balaban J connectivity index is 1.29. The Hall–Kier alpha value is -1.66. The van der Waals surface area contributed by atoms with Gasteiger partial charge in [-0.2, -0.15) is 4.31 Å². The quantitative estimate of drug-likeness (QED) is 0.472. The van der Waals surface area contributed by atoms with Crippen LogP contribution in [0.5, 0.6) is 0 Å². The first kappa shape index (κ1) is 23.1. The molecule has 0 N–H and O–H groups in total. The van der Waals surface area contributed by atoms with Gasteiger partial charge in [0.1, 0.15) is 10.3 Å². The van der Waals surface area contributed by atoms with E-state index in [4.69, 9.17) is 4.98 Å². The second-order valence-electron chi connectivity index (χ2n) is 8.18. The van der Waals surface area contributed by atoms with Crippen molar-refractivity contribution in [2.75, 3.05) is 43.9 Å². The van der Waals surface area contributed by atoms with E-state index in [1.807, 2.05) is 4.90 Å². The van der Waals surface area contributed by atoms with Crippen LogP contribution in [0.3, 0.4) is 0 Å². The molecule has 0 radical (unpaired) electrons. The van der Waals surface area contributed by atoms with Crippen LogP contribution in [0.2, 0.25) is 0 Å². The topological polar surface area (TPSA) is 73.8 Å². The molecule has 0 saturated carbocycles. The summed E-state index contributed by atoms with van der Waals surface area (Å²) in [5.74, 6) is -0.0662. The SMILES string of the molecule is CSc1cccc2sc(N3CCN(C(=O)C4CCCCN4S(=O)(=O)c4cccs4)CC3)nc12. The number of piperidine rings is 1. The summed E-state index contributed by atoms with van der Waals surface area (Å²) in [4.78, 5) is 23.6. The lowest BCUT2D eigenvalue weighted by atomic mass is 10.0. The number of fused-ring (bicyclic) bond motifs is 1. The second kappa shape index (κ2) is 9.53. The highest BCUT2D eigenvalue weighted by atomic mass is 32.2. The third-order valence-corrected chi connectivity index (χ3v) is 11.4. The summed E-state index contributed by atoms with van der Waals surface area (Å²) in [7, 11) is -3.64. The number of hydrogen-bond acceptors (Lipinski definition) is 8. The standard InChI is InChI=1S/C22H26N4O3S4/c1-30-17-7-4-8-18-20(17)23-22(32-18)25-13-11-24(12-14-25)21(27)16-6-2-3-10-26(16)33(28,29)19-9-5-15-31-19/h4-5,7-9,15-16H,2-3,6,10-14H2,1H3. The minimum Gasteiger partial charge on any atom is -0.345 e. The zero-order valence-electron chi connectivity index (χ0n) is 18.3. The van der Waals surface area contributed by atoms with Crippen LogP contribution in [0.15, 0.2) is 44.8 Å². The number of piperazine rings is 1. The molecule has 0 bridgehead atoms. The third kappa shape index (κ3) is 4.41. The molecule has 2 fully saturated rings. The smallest absolute Gasteiger partial charge is 0.253 e. The summed E-state index contributed by atoms with van der Waals surface area (Å²) in [6.07, 6.45) is 4.30.